The maximum atomic E-state index is 5.32. The topological polar surface area (TPSA) is 86.1 Å². The van der Waals surface area contributed by atoms with Crippen molar-refractivity contribution in [1.82, 2.24) is 19.7 Å². The van der Waals surface area contributed by atoms with Crippen LogP contribution in [0.1, 0.15) is 0 Å². The van der Waals surface area contributed by atoms with Gasteiger partial charge in [0.05, 0.1) is 31.0 Å². The van der Waals surface area contributed by atoms with Crippen LogP contribution in [0.3, 0.4) is 0 Å². The van der Waals surface area contributed by atoms with Crippen LogP contribution >= 0.6 is 0 Å². The third-order valence-corrected chi connectivity index (χ3v) is 4.35. The number of aromatic nitrogens is 4. The molecule has 0 bridgehead atoms. The van der Waals surface area contributed by atoms with E-state index >= 15 is 0 Å². The van der Waals surface area contributed by atoms with Gasteiger partial charge in [0, 0.05) is 25.4 Å². The Morgan fingerprint density at radius 2 is 1.86 bits per heavy atom. The first-order valence-electron chi connectivity index (χ1n) is 9.23. The molecule has 8 nitrogen and oxygen atoms in total. The van der Waals surface area contributed by atoms with E-state index in [-0.39, 0.29) is 0 Å². The van der Waals surface area contributed by atoms with E-state index < -0.39 is 0 Å². The van der Waals surface area contributed by atoms with Crippen molar-refractivity contribution in [3.05, 3.63) is 60.8 Å². The first kappa shape index (κ1) is 18.7. The highest BCUT2D eigenvalue weighted by Crippen LogP contribution is 2.28. The maximum absolute atomic E-state index is 5.32. The fourth-order valence-corrected chi connectivity index (χ4v) is 2.94. The third-order valence-electron chi connectivity index (χ3n) is 4.35. The van der Waals surface area contributed by atoms with E-state index in [4.69, 9.17) is 9.47 Å². The van der Waals surface area contributed by atoms with Crippen LogP contribution < -0.4 is 15.4 Å². The molecule has 148 valence electrons. The number of rotatable bonds is 8. The monoisotopic (exact) mass is 390 g/mol. The second-order valence-electron chi connectivity index (χ2n) is 6.30. The molecular weight excluding hydrogens is 368 g/mol. The number of hydrogen-bond donors (Lipinski definition) is 2. The van der Waals surface area contributed by atoms with Crippen molar-refractivity contribution in [2.24, 2.45) is 0 Å². The minimum absolute atomic E-state index is 0.498. The predicted octanol–water partition coefficient (Wildman–Crippen LogP) is 3.63. The SMILES string of the molecule is COCCNc1nc(Nc2cccc(OC)c2)c2cnn(-c3ccccc3)c2n1. The molecule has 0 saturated carbocycles. The van der Waals surface area contributed by atoms with Crippen LogP contribution in [-0.4, -0.2) is 47.1 Å². The number of hydrogen-bond acceptors (Lipinski definition) is 7. The van der Waals surface area contributed by atoms with Crippen molar-refractivity contribution in [3.8, 4) is 11.4 Å². The number of benzene rings is 2. The minimum atomic E-state index is 0.498. The van der Waals surface area contributed by atoms with E-state index in [0.29, 0.717) is 30.6 Å². The summed E-state index contributed by atoms with van der Waals surface area (Å²) in [6.07, 6.45) is 1.77. The van der Waals surface area contributed by atoms with Crippen molar-refractivity contribution < 1.29 is 9.47 Å². The molecule has 0 atom stereocenters. The predicted molar refractivity (Wildman–Crippen MR) is 113 cm³/mol. The summed E-state index contributed by atoms with van der Waals surface area (Å²) >= 11 is 0. The lowest BCUT2D eigenvalue weighted by Crippen LogP contribution is -2.11. The molecule has 8 heteroatoms. The number of ether oxygens (including phenoxy) is 2. The summed E-state index contributed by atoms with van der Waals surface area (Å²) in [5.74, 6) is 1.92. The van der Waals surface area contributed by atoms with Gasteiger partial charge in [0.25, 0.3) is 0 Å². The third kappa shape index (κ3) is 4.12. The molecule has 29 heavy (non-hydrogen) atoms. The molecule has 4 rings (SSSR count). The Bertz CT molecular complexity index is 1100. The van der Waals surface area contributed by atoms with E-state index in [0.717, 1.165) is 22.5 Å². The summed E-state index contributed by atoms with van der Waals surface area (Å²) in [7, 11) is 3.30. The van der Waals surface area contributed by atoms with Gasteiger partial charge in [0.1, 0.15) is 11.6 Å². The molecule has 0 aliphatic rings. The van der Waals surface area contributed by atoms with Gasteiger partial charge in [-0.25, -0.2) is 4.68 Å². The molecule has 0 aliphatic heterocycles. The lowest BCUT2D eigenvalue weighted by molar-refractivity contribution is 0.210. The highest BCUT2D eigenvalue weighted by Gasteiger charge is 2.14. The lowest BCUT2D eigenvalue weighted by atomic mass is 10.3. The van der Waals surface area contributed by atoms with Gasteiger partial charge in [0.15, 0.2) is 5.65 Å². The lowest BCUT2D eigenvalue weighted by Gasteiger charge is -2.11. The van der Waals surface area contributed by atoms with Crippen LogP contribution in [0.25, 0.3) is 16.7 Å². The number of nitrogens with zero attached hydrogens (tertiary/aromatic N) is 4. The number of anilines is 3. The smallest absolute Gasteiger partial charge is 0.226 e. The van der Waals surface area contributed by atoms with Gasteiger partial charge in [-0.05, 0) is 24.3 Å². The molecule has 0 radical (unpaired) electrons. The first-order valence-corrected chi connectivity index (χ1v) is 9.23. The average Bonchev–Trinajstić information content (AvgIpc) is 3.19. The van der Waals surface area contributed by atoms with E-state index in [2.05, 4.69) is 25.7 Å². The van der Waals surface area contributed by atoms with Gasteiger partial charge >= 0.3 is 0 Å². The molecule has 2 heterocycles. The standard InChI is InChI=1S/C21H22N6O2/c1-28-12-11-22-21-25-19(24-15-7-6-10-17(13-15)29-2)18-14-23-27(20(18)26-21)16-8-4-3-5-9-16/h3-10,13-14H,11-12H2,1-2H3,(H2,22,24,25,26). The van der Waals surface area contributed by atoms with Gasteiger partial charge in [-0.2, -0.15) is 15.1 Å². The first-order chi connectivity index (χ1) is 14.3. The summed E-state index contributed by atoms with van der Waals surface area (Å²) < 4.78 is 12.2. The molecule has 0 spiro atoms. The zero-order valence-corrected chi connectivity index (χ0v) is 16.3. The summed E-state index contributed by atoms with van der Waals surface area (Å²) in [5, 5.41) is 11.9. The maximum Gasteiger partial charge on any atom is 0.226 e. The van der Waals surface area contributed by atoms with Crippen molar-refractivity contribution in [3.63, 3.8) is 0 Å². The fraction of sp³-hybridized carbons (Fsp3) is 0.190. The Kier molecular flexibility index (Phi) is 5.53. The highest BCUT2D eigenvalue weighted by atomic mass is 16.5. The van der Waals surface area contributed by atoms with Crippen LogP contribution in [0.2, 0.25) is 0 Å². The Morgan fingerprint density at radius 1 is 1.00 bits per heavy atom. The second-order valence-corrected chi connectivity index (χ2v) is 6.30. The van der Waals surface area contributed by atoms with Crippen LogP contribution in [0.5, 0.6) is 5.75 Å². The summed E-state index contributed by atoms with van der Waals surface area (Å²) in [6, 6.07) is 17.6. The molecule has 2 aromatic carbocycles. The van der Waals surface area contributed by atoms with E-state index in [1.165, 1.54) is 0 Å². The van der Waals surface area contributed by atoms with Crippen LogP contribution in [-0.2, 0) is 4.74 Å². The molecular formula is C21H22N6O2. The number of fused-ring (bicyclic) bond motifs is 1. The van der Waals surface area contributed by atoms with Crippen LogP contribution in [0, 0.1) is 0 Å². The zero-order chi connectivity index (χ0) is 20.1. The molecule has 2 aromatic heterocycles. The van der Waals surface area contributed by atoms with Crippen molar-refractivity contribution in [2.75, 3.05) is 38.0 Å². The Morgan fingerprint density at radius 3 is 2.66 bits per heavy atom. The van der Waals surface area contributed by atoms with Gasteiger partial charge in [-0.3, -0.25) is 0 Å². The zero-order valence-electron chi connectivity index (χ0n) is 16.3. The quantitative estimate of drug-likeness (QED) is 0.444. The largest absolute Gasteiger partial charge is 0.497 e. The van der Waals surface area contributed by atoms with Crippen molar-refractivity contribution in [2.45, 2.75) is 0 Å². The van der Waals surface area contributed by atoms with Crippen molar-refractivity contribution >= 4 is 28.5 Å². The van der Waals surface area contributed by atoms with Gasteiger partial charge in [-0.1, -0.05) is 24.3 Å². The Balaban J connectivity index is 1.78. The number of methoxy groups -OCH3 is 2. The van der Waals surface area contributed by atoms with E-state index in [1.54, 1.807) is 25.1 Å². The van der Waals surface area contributed by atoms with Crippen LogP contribution in [0.4, 0.5) is 17.5 Å². The summed E-state index contributed by atoms with van der Waals surface area (Å²) in [6.45, 7) is 1.15. The highest BCUT2D eigenvalue weighted by molar-refractivity contribution is 5.90. The van der Waals surface area contributed by atoms with E-state index in [1.807, 2.05) is 54.6 Å². The molecule has 0 unspecified atom stereocenters. The fourth-order valence-electron chi connectivity index (χ4n) is 2.94. The molecule has 0 aliphatic carbocycles. The molecule has 0 saturated heterocycles. The Labute approximate surface area is 168 Å². The van der Waals surface area contributed by atoms with Gasteiger partial charge in [0.2, 0.25) is 5.95 Å². The van der Waals surface area contributed by atoms with E-state index in [9.17, 15) is 0 Å². The van der Waals surface area contributed by atoms with Crippen molar-refractivity contribution in [1.29, 1.82) is 0 Å². The minimum Gasteiger partial charge on any atom is -0.497 e. The second kappa shape index (κ2) is 8.57. The van der Waals surface area contributed by atoms with Gasteiger partial charge < -0.3 is 20.1 Å². The molecule has 0 amide bonds. The molecule has 0 fully saturated rings. The normalized spacial score (nSPS) is 10.8. The number of para-hydroxylation sites is 1. The number of nitrogens with one attached hydrogen (secondary N) is 2. The van der Waals surface area contributed by atoms with Crippen LogP contribution in [0.15, 0.2) is 60.8 Å². The van der Waals surface area contributed by atoms with Gasteiger partial charge in [-0.15, -0.1) is 0 Å². The molecule has 2 N–H and O–H groups in total. The average molecular weight is 390 g/mol. The summed E-state index contributed by atoms with van der Waals surface area (Å²) in [5.41, 5.74) is 2.49. The molecule has 4 aromatic rings. The summed E-state index contributed by atoms with van der Waals surface area (Å²) in [4.78, 5) is 9.32. The Hall–Kier alpha value is -3.65.